The second-order valence-electron chi connectivity index (χ2n) is 6.40. The van der Waals surface area contributed by atoms with Crippen molar-refractivity contribution in [1.82, 2.24) is 4.98 Å². The largest absolute Gasteiger partial charge is 0.396 e. The van der Waals surface area contributed by atoms with Crippen LogP contribution in [-0.2, 0) is 10.0 Å². The molecule has 1 saturated carbocycles. The Labute approximate surface area is 151 Å². The van der Waals surface area contributed by atoms with E-state index >= 15 is 0 Å². The third-order valence-electron chi connectivity index (χ3n) is 4.51. The smallest absolute Gasteiger partial charge is 0.265 e. The van der Waals surface area contributed by atoms with Gasteiger partial charge < -0.3 is 5.11 Å². The fraction of sp³-hybridized carbons (Fsp3) is 0.333. The first-order valence-electron chi connectivity index (χ1n) is 8.15. The molecule has 0 aliphatic heterocycles. The number of aryl methyl sites for hydroxylation is 1. The van der Waals surface area contributed by atoms with Crippen LogP contribution in [0.25, 0.3) is 0 Å². The molecule has 136 valence electrons. The standard InChI is InChI=1S/C18H18FN3O3S/c1-12-3-2-4-15(7-12)26(24,25)22(14-8-13(9-14)11-23)18-6-5-16(19)17(10-20)21-18/h2-7,13-14,23H,8-9,11H2,1H3. The summed E-state index contributed by atoms with van der Waals surface area (Å²) in [5, 5.41) is 18.3. The highest BCUT2D eigenvalue weighted by molar-refractivity contribution is 7.92. The molecule has 2 aromatic rings. The molecule has 1 heterocycles. The Hall–Kier alpha value is -2.50. The van der Waals surface area contributed by atoms with Gasteiger partial charge in [-0.25, -0.2) is 22.1 Å². The quantitative estimate of drug-likeness (QED) is 0.866. The minimum atomic E-state index is -3.95. The molecule has 6 nitrogen and oxygen atoms in total. The number of pyridine rings is 1. The number of aliphatic hydroxyl groups is 1. The normalized spacial score (nSPS) is 19.5. The summed E-state index contributed by atoms with van der Waals surface area (Å²) in [5.74, 6) is -0.775. The van der Waals surface area contributed by atoms with Gasteiger partial charge in [0.15, 0.2) is 11.5 Å². The number of nitrogens with zero attached hydrogens (tertiary/aromatic N) is 3. The van der Waals surface area contributed by atoms with Crippen LogP contribution in [-0.4, -0.2) is 31.2 Å². The summed E-state index contributed by atoms with van der Waals surface area (Å²) in [6.45, 7) is 1.77. The molecular weight excluding hydrogens is 357 g/mol. The molecule has 3 rings (SSSR count). The monoisotopic (exact) mass is 375 g/mol. The highest BCUT2D eigenvalue weighted by atomic mass is 32.2. The summed E-state index contributed by atoms with van der Waals surface area (Å²) >= 11 is 0. The van der Waals surface area contributed by atoms with E-state index in [9.17, 15) is 17.9 Å². The number of hydrogen-bond acceptors (Lipinski definition) is 5. The first kappa shape index (κ1) is 18.3. The SMILES string of the molecule is Cc1cccc(S(=O)(=O)N(c2ccc(F)c(C#N)n2)C2CC(CO)C2)c1. The Kier molecular flexibility index (Phi) is 4.94. The van der Waals surface area contributed by atoms with Crippen LogP contribution in [0.2, 0.25) is 0 Å². The summed E-state index contributed by atoms with van der Waals surface area (Å²) in [6.07, 6.45) is 0.949. The molecule has 0 atom stereocenters. The van der Waals surface area contributed by atoms with Crippen LogP contribution in [0.4, 0.5) is 10.2 Å². The van der Waals surface area contributed by atoms with E-state index in [-0.39, 0.29) is 23.2 Å². The Bertz CT molecular complexity index is 966. The highest BCUT2D eigenvalue weighted by Crippen LogP contribution is 2.37. The van der Waals surface area contributed by atoms with Gasteiger partial charge in [0.05, 0.1) is 4.90 Å². The van der Waals surface area contributed by atoms with Crippen molar-refractivity contribution in [3.63, 3.8) is 0 Å². The lowest BCUT2D eigenvalue weighted by molar-refractivity contribution is 0.145. The molecule has 0 unspecified atom stereocenters. The fourth-order valence-electron chi connectivity index (χ4n) is 3.07. The van der Waals surface area contributed by atoms with Gasteiger partial charge in [-0.1, -0.05) is 12.1 Å². The molecule has 0 saturated heterocycles. The van der Waals surface area contributed by atoms with E-state index in [0.29, 0.717) is 12.8 Å². The Morgan fingerprint density at radius 3 is 2.69 bits per heavy atom. The molecule has 1 fully saturated rings. The molecule has 1 aliphatic rings. The first-order chi connectivity index (χ1) is 12.4. The van der Waals surface area contributed by atoms with Crippen LogP contribution >= 0.6 is 0 Å². The third-order valence-corrected chi connectivity index (χ3v) is 6.36. The number of aliphatic hydroxyl groups excluding tert-OH is 1. The van der Waals surface area contributed by atoms with Crippen molar-refractivity contribution in [1.29, 1.82) is 5.26 Å². The van der Waals surface area contributed by atoms with Crippen LogP contribution in [0.5, 0.6) is 0 Å². The molecule has 1 aromatic heterocycles. The van der Waals surface area contributed by atoms with Gasteiger partial charge in [0.1, 0.15) is 11.9 Å². The number of sulfonamides is 1. The predicted molar refractivity (Wildman–Crippen MR) is 93.4 cm³/mol. The van der Waals surface area contributed by atoms with Crippen molar-refractivity contribution < 1.29 is 17.9 Å². The van der Waals surface area contributed by atoms with Gasteiger partial charge in [0, 0.05) is 12.6 Å². The van der Waals surface area contributed by atoms with E-state index < -0.39 is 27.6 Å². The summed E-state index contributed by atoms with van der Waals surface area (Å²) in [7, 11) is -3.95. The van der Waals surface area contributed by atoms with Crippen LogP contribution < -0.4 is 4.31 Å². The number of halogens is 1. The first-order valence-corrected chi connectivity index (χ1v) is 9.59. The highest BCUT2D eigenvalue weighted by Gasteiger charge is 2.40. The predicted octanol–water partition coefficient (Wildman–Crippen LogP) is 2.37. The maximum atomic E-state index is 13.6. The van der Waals surface area contributed by atoms with E-state index in [1.54, 1.807) is 31.2 Å². The summed E-state index contributed by atoms with van der Waals surface area (Å²) in [6, 6.07) is 10.0. The minimum Gasteiger partial charge on any atom is -0.396 e. The zero-order valence-electron chi connectivity index (χ0n) is 14.1. The molecule has 1 N–H and O–H groups in total. The van der Waals surface area contributed by atoms with Crippen LogP contribution in [0.3, 0.4) is 0 Å². The van der Waals surface area contributed by atoms with Gasteiger partial charge in [-0.05, 0) is 55.5 Å². The van der Waals surface area contributed by atoms with E-state index in [1.165, 1.54) is 12.1 Å². The van der Waals surface area contributed by atoms with Gasteiger partial charge in [-0.15, -0.1) is 0 Å². The maximum Gasteiger partial charge on any atom is 0.265 e. The maximum absolute atomic E-state index is 13.6. The Morgan fingerprint density at radius 1 is 1.35 bits per heavy atom. The number of rotatable bonds is 5. The van der Waals surface area contributed by atoms with E-state index in [4.69, 9.17) is 5.26 Å². The lowest BCUT2D eigenvalue weighted by atomic mass is 9.81. The molecule has 1 aromatic carbocycles. The zero-order chi connectivity index (χ0) is 18.9. The fourth-order valence-corrected chi connectivity index (χ4v) is 4.79. The van der Waals surface area contributed by atoms with Crippen molar-refractivity contribution >= 4 is 15.8 Å². The van der Waals surface area contributed by atoms with Crippen LogP contribution in [0, 0.1) is 30.0 Å². The average molecular weight is 375 g/mol. The lowest BCUT2D eigenvalue weighted by Gasteiger charge is -2.41. The van der Waals surface area contributed by atoms with E-state index in [1.807, 2.05) is 0 Å². The van der Waals surface area contributed by atoms with E-state index in [2.05, 4.69) is 4.98 Å². The number of hydrogen-bond donors (Lipinski definition) is 1. The average Bonchev–Trinajstić information content (AvgIpc) is 2.58. The number of benzene rings is 1. The van der Waals surface area contributed by atoms with E-state index in [0.717, 1.165) is 15.9 Å². The number of nitriles is 1. The third kappa shape index (κ3) is 3.28. The Morgan fingerprint density at radius 2 is 2.08 bits per heavy atom. The van der Waals surface area contributed by atoms with Gasteiger partial charge in [-0.3, -0.25) is 0 Å². The van der Waals surface area contributed by atoms with Gasteiger partial charge in [-0.2, -0.15) is 5.26 Å². The molecule has 8 heteroatoms. The van der Waals surface area contributed by atoms with Crippen molar-refractivity contribution in [2.24, 2.45) is 5.92 Å². The van der Waals surface area contributed by atoms with Gasteiger partial charge in [0.25, 0.3) is 10.0 Å². The molecule has 1 aliphatic carbocycles. The van der Waals surface area contributed by atoms with Crippen molar-refractivity contribution in [3.05, 3.63) is 53.5 Å². The lowest BCUT2D eigenvalue weighted by Crippen LogP contribution is -2.49. The molecule has 0 radical (unpaired) electrons. The summed E-state index contributed by atoms with van der Waals surface area (Å²) in [4.78, 5) is 4.01. The molecule has 26 heavy (non-hydrogen) atoms. The number of anilines is 1. The second kappa shape index (κ2) is 7.02. The van der Waals surface area contributed by atoms with Gasteiger partial charge in [0.2, 0.25) is 0 Å². The molecule has 0 spiro atoms. The zero-order valence-corrected chi connectivity index (χ0v) is 14.9. The van der Waals surface area contributed by atoms with Crippen molar-refractivity contribution in [3.8, 4) is 6.07 Å². The van der Waals surface area contributed by atoms with Crippen molar-refractivity contribution in [2.75, 3.05) is 10.9 Å². The molecule has 0 amide bonds. The van der Waals surface area contributed by atoms with Crippen LogP contribution in [0.1, 0.15) is 24.1 Å². The minimum absolute atomic E-state index is 0.00541. The number of aromatic nitrogens is 1. The van der Waals surface area contributed by atoms with Crippen LogP contribution in [0.15, 0.2) is 41.3 Å². The summed E-state index contributed by atoms with van der Waals surface area (Å²) in [5.41, 5.74) is 0.336. The molecule has 0 bridgehead atoms. The van der Waals surface area contributed by atoms with Gasteiger partial charge >= 0.3 is 0 Å². The second-order valence-corrected chi connectivity index (χ2v) is 8.22. The summed E-state index contributed by atoms with van der Waals surface area (Å²) < 4.78 is 41.3. The Balaban J connectivity index is 2.09. The topological polar surface area (TPSA) is 94.3 Å². The molecular formula is C18H18FN3O3S. The van der Waals surface area contributed by atoms with Crippen molar-refractivity contribution in [2.45, 2.75) is 30.7 Å².